The van der Waals surface area contributed by atoms with Crippen LogP contribution < -0.4 is 5.32 Å². The van der Waals surface area contributed by atoms with E-state index >= 15 is 0 Å². The van der Waals surface area contributed by atoms with Gasteiger partial charge in [-0.25, -0.2) is 0 Å². The molecule has 26 heavy (non-hydrogen) atoms. The van der Waals surface area contributed by atoms with Gasteiger partial charge in [0.25, 0.3) is 5.91 Å². The Morgan fingerprint density at radius 2 is 1.85 bits per heavy atom. The van der Waals surface area contributed by atoms with Crippen molar-refractivity contribution in [2.45, 2.75) is 24.2 Å². The predicted molar refractivity (Wildman–Crippen MR) is 106 cm³/mol. The molecule has 0 aromatic heterocycles. The van der Waals surface area contributed by atoms with Gasteiger partial charge in [0.1, 0.15) is 0 Å². The van der Waals surface area contributed by atoms with Gasteiger partial charge in [0.05, 0.1) is 0 Å². The smallest absolute Gasteiger partial charge is 0.251 e. The molecular weight excluding hydrogens is 344 g/mol. The normalized spacial score (nSPS) is 13.7. The van der Waals surface area contributed by atoms with Crippen LogP contribution in [-0.4, -0.2) is 42.6 Å². The average molecular weight is 369 g/mol. The summed E-state index contributed by atoms with van der Waals surface area (Å²) in [6.07, 6.45) is 4.58. The van der Waals surface area contributed by atoms with E-state index in [4.69, 9.17) is 0 Å². The lowest BCUT2D eigenvalue weighted by molar-refractivity contribution is -0.129. The van der Waals surface area contributed by atoms with Gasteiger partial charge in [-0.1, -0.05) is 30.3 Å². The van der Waals surface area contributed by atoms with Crippen molar-refractivity contribution in [2.24, 2.45) is 0 Å². The summed E-state index contributed by atoms with van der Waals surface area (Å²) in [6.45, 7) is 2.08. The molecule has 1 aliphatic heterocycles. The van der Waals surface area contributed by atoms with Gasteiger partial charge in [-0.3, -0.25) is 9.59 Å². The lowest BCUT2D eigenvalue weighted by Crippen LogP contribution is -2.32. The van der Waals surface area contributed by atoms with Crippen LogP contribution in [0.2, 0.25) is 0 Å². The highest BCUT2D eigenvalue weighted by Gasteiger charge is 2.17. The van der Waals surface area contributed by atoms with E-state index in [1.807, 2.05) is 47.6 Å². The molecule has 1 saturated heterocycles. The van der Waals surface area contributed by atoms with Crippen molar-refractivity contribution in [3.8, 4) is 11.1 Å². The average Bonchev–Trinajstić information content (AvgIpc) is 3.23. The number of nitrogens with zero attached hydrogens (tertiary/aromatic N) is 1. The van der Waals surface area contributed by atoms with Crippen LogP contribution >= 0.6 is 11.8 Å². The van der Waals surface area contributed by atoms with Gasteiger partial charge < -0.3 is 10.2 Å². The Bertz CT molecular complexity index is 785. The molecule has 136 valence electrons. The summed E-state index contributed by atoms with van der Waals surface area (Å²) in [7, 11) is 0. The Kier molecular flexibility index (Phi) is 6.34. The fourth-order valence-corrected chi connectivity index (χ4v) is 3.84. The number of thioether (sulfide) groups is 1. The molecule has 1 aliphatic rings. The maximum absolute atomic E-state index is 12.4. The van der Waals surface area contributed by atoms with Crippen LogP contribution in [-0.2, 0) is 4.79 Å². The fourth-order valence-electron chi connectivity index (χ4n) is 3.22. The molecule has 1 heterocycles. The zero-order valence-corrected chi connectivity index (χ0v) is 15.8. The Hall–Kier alpha value is -2.27. The summed E-state index contributed by atoms with van der Waals surface area (Å²) >= 11 is 1.69. The minimum absolute atomic E-state index is 0.130. The lowest BCUT2D eigenvalue weighted by atomic mass is 10.0. The minimum atomic E-state index is -0.136. The number of carbonyl (C=O) groups excluding carboxylic acids is 2. The first-order valence-corrected chi connectivity index (χ1v) is 10.2. The number of benzene rings is 2. The molecular formula is C21H24N2O2S. The van der Waals surface area contributed by atoms with Gasteiger partial charge in [0, 0.05) is 36.5 Å². The fraction of sp³-hybridized carbons (Fsp3) is 0.333. The number of nitrogens with one attached hydrogen (secondary N) is 1. The van der Waals surface area contributed by atoms with Crippen LogP contribution in [0.15, 0.2) is 53.4 Å². The third kappa shape index (κ3) is 4.47. The molecule has 2 aromatic carbocycles. The van der Waals surface area contributed by atoms with Gasteiger partial charge in [0.15, 0.2) is 0 Å². The summed E-state index contributed by atoms with van der Waals surface area (Å²) in [5.41, 5.74) is 2.77. The molecule has 0 bridgehead atoms. The summed E-state index contributed by atoms with van der Waals surface area (Å²) in [5.74, 6) is -0.00634. The number of hydrogen-bond acceptors (Lipinski definition) is 3. The Morgan fingerprint density at radius 3 is 2.62 bits per heavy atom. The van der Waals surface area contributed by atoms with Crippen LogP contribution in [0.4, 0.5) is 0 Å². The maximum atomic E-state index is 12.4. The summed E-state index contributed by atoms with van der Waals surface area (Å²) in [4.78, 5) is 27.6. The Morgan fingerprint density at radius 1 is 1.08 bits per heavy atom. The van der Waals surface area contributed by atoms with E-state index in [9.17, 15) is 9.59 Å². The van der Waals surface area contributed by atoms with Crippen LogP contribution in [0.1, 0.15) is 29.6 Å². The second-order valence-corrected chi connectivity index (χ2v) is 7.22. The maximum Gasteiger partial charge on any atom is 0.251 e. The number of amides is 2. The first-order chi connectivity index (χ1) is 12.7. The van der Waals surface area contributed by atoms with Crippen molar-refractivity contribution >= 4 is 23.6 Å². The number of hydrogen-bond donors (Lipinski definition) is 1. The first-order valence-electron chi connectivity index (χ1n) is 8.98. The summed E-state index contributed by atoms with van der Waals surface area (Å²) in [6, 6.07) is 15.8. The quantitative estimate of drug-likeness (QED) is 0.789. The molecule has 0 atom stereocenters. The molecule has 0 saturated carbocycles. The number of carbonyl (C=O) groups is 2. The van der Waals surface area contributed by atoms with Gasteiger partial charge in [-0.05, 0) is 48.4 Å². The van der Waals surface area contributed by atoms with E-state index in [1.54, 1.807) is 11.8 Å². The van der Waals surface area contributed by atoms with Gasteiger partial charge >= 0.3 is 0 Å². The molecule has 0 aliphatic carbocycles. The topological polar surface area (TPSA) is 49.4 Å². The molecule has 0 spiro atoms. The highest BCUT2D eigenvalue weighted by molar-refractivity contribution is 7.98. The molecule has 3 rings (SSSR count). The third-order valence-electron chi connectivity index (χ3n) is 4.63. The monoisotopic (exact) mass is 368 g/mol. The highest BCUT2D eigenvalue weighted by Crippen LogP contribution is 2.30. The van der Waals surface area contributed by atoms with Crippen LogP contribution in [0.25, 0.3) is 11.1 Å². The van der Waals surface area contributed by atoms with Crippen molar-refractivity contribution in [3.05, 3.63) is 54.1 Å². The molecule has 4 nitrogen and oxygen atoms in total. The van der Waals surface area contributed by atoms with Crippen molar-refractivity contribution in [1.29, 1.82) is 0 Å². The molecule has 2 amide bonds. The van der Waals surface area contributed by atoms with E-state index in [-0.39, 0.29) is 11.8 Å². The van der Waals surface area contributed by atoms with E-state index in [2.05, 4.69) is 17.4 Å². The number of likely N-dealkylation sites (tertiary alicyclic amines) is 1. The van der Waals surface area contributed by atoms with Crippen molar-refractivity contribution in [2.75, 3.05) is 25.9 Å². The molecule has 1 fully saturated rings. The predicted octanol–water partition coefficient (Wildman–Crippen LogP) is 3.82. The zero-order valence-electron chi connectivity index (χ0n) is 15.0. The van der Waals surface area contributed by atoms with Crippen molar-refractivity contribution in [3.63, 3.8) is 0 Å². The SMILES string of the molecule is CSc1ccccc1-c1cccc(C(=O)NCCC(=O)N2CCCC2)c1. The van der Waals surface area contributed by atoms with E-state index in [0.717, 1.165) is 37.1 Å². The second-order valence-electron chi connectivity index (χ2n) is 6.37. The van der Waals surface area contributed by atoms with Gasteiger partial charge in [-0.2, -0.15) is 0 Å². The van der Waals surface area contributed by atoms with Gasteiger partial charge in [-0.15, -0.1) is 11.8 Å². The molecule has 2 aromatic rings. The molecule has 1 N–H and O–H groups in total. The summed E-state index contributed by atoms with van der Waals surface area (Å²) in [5, 5.41) is 2.87. The van der Waals surface area contributed by atoms with Crippen LogP contribution in [0.3, 0.4) is 0 Å². The van der Waals surface area contributed by atoms with Crippen molar-refractivity contribution in [1.82, 2.24) is 10.2 Å². The Balaban J connectivity index is 1.62. The van der Waals surface area contributed by atoms with Crippen molar-refractivity contribution < 1.29 is 9.59 Å². The van der Waals surface area contributed by atoms with Crippen LogP contribution in [0.5, 0.6) is 0 Å². The zero-order chi connectivity index (χ0) is 18.4. The standard InChI is InChI=1S/C21H24N2O2S/c1-26-19-10-3-2-9-18(19)16-7-6-8-17(15-16)21(25)22-12-11-20(24)23-13-4-5-14-23/h2-3,6-10,15H,4-5,11-14H2,1H3,(H,22,25). The summed E-state index contributed by atoms with van der Waals surface area (Å²) < 4.78 is 0. The largest absolute Gasteiger partial charge is 0.352 e. The Labute approximate surface area is 159 Å². The third-order valence-corrected chi connectivity index (χ3v) is 5.42. The molecule has 0 radical (unpaired) electrons. The lowest BCUT2D eigenvalue weighted by Gasteiger charge is -2.15. The van der Waals surface area contributed by atoms with E-state index in [0.29, 0.717) is 18.5 Å². The highest BCUT2D eigenvalue weighted by atomic mass is 32.2. The van der Waals surface area contributed by atoms with Gasteiger partial charge in [0.2, 0.25) is 5.91 Å². The minimum Gasteiger partial charge on any atom is -0.352 e. The second kappa shape index (κ2) is 8.90. The van der Waals surface area contributed by atoms with E-state index in [1.165, 1.54) is 4.90 Å². The van der Waals surface area contributed by atoms with Crippen LogP contribution in [0, 0.1) is 0 Å². The molecule has 5 heteroatoms. The first kappa shape index (κ1) is 18.5. The molecule has 0 unspecified atom stereocenters. The van der Waals surface area contributed by atoms with E-state index < -0.39 is 0 Å². The number of rotatable bonds is 6.